The van der Waals surface area contributed by atoms with E-state index in [9.17, 15) is 19.1 Å². The van der Waals surface area contributed by atoms with Gasteiger partial charge in [-0.2, -0.15) is 0 Å². The van der Waals surface area contributed by atoms with E-state index in [2.05, 4.69) is 0 Å². The Morgan fingerprint density at radius 2 is 1.59 bits per heavy atom. The van der Waals surface area contributed by atoms with Crippen LogP contribution in [-0.2, 0) is 9.13 Å². The van der Waals surface area contributed by atoms with Crippen LogP contribution >= 0.6 is 15.2 Å². The molecule has 0 aliphatic heterocycles. The van der Waals surface area contributed by atoms with Gasteiger partial charge in [-0.05, 0) is 25.8 Å². The summed E-state index contributed by atoms with van der Waals surface area (Å²) in [5.74, 6) is 0. The van der Waals surface area contributed by atoms with Gasteiger partial charge in [-0.25, -0.2) is 0 Å². The summed E-state index contributed by atoms with van der Waals surface area (Å²) in [7, 11) is -10.9. The van der Waals surface area contributed by atoms with Crippen LogP contribution in [0.2, 0.25) is 0 Å². The smallest absolute Gasteiger partial charge is 0.776 e. The average molecular weight is 299 g/mol. The molecule has 8 nitrogen and oxygen atoms in total. The van der Waals surface area contributed by atoms with E-state index in [1.54, 1.807) is 0 Å². The number of hydrogen-bond acceptors (Lipinski definition) is 5. The molecule has 0 rings (SSSR count). The molecule has 0 saturated carbocycles. The van der Waals surface area contributed by atoms with E-state index in [4.69, 9.17) is 20.4 Å². The fourth-order valence-corrected chi connectivity index (χ4v) is 3.34. The summed E-state index contributed by atoms with van der Waals surface area (Å²) in [4.78, 5) is 36.9. The van der Waals surface area contributed by atoms with Gasteiger partial charge in [0.05, 0.1) is 0 Å². The molecule has 17 heavy (non-hydrogen) atoms. The first-order valence-electron chi connectivity index (χ1n) is 4.58. The molecule has 0 aliphatic rings. The third-order valence-electron chi connectivity index (χ3n) is 2.14. The number of hydrogen-bond donors (Lipinski definition) is 5. The maximum Gasteiger partial charge on any atom is 1.00 e. The molecule has 98 valence electrons. The van der Waals surface area contributed by atoms with E-state index in [1.807, 2.05) is 0 Å². The zero-order valence-electron chi connectivity index (χ0n) is 9.52. The van der Waals surface area contributed by atoms with Gasteiger partial charge in [-0.3, -0.25) is 4.57 Å². The predicted molar refractivity (Wildman–Crippen MR) is 54.3 cm³/mol. The Hall–Kier alpha value is 1.22. The first-order chi connectivity index (χ1) is 7.06. The van der Waals surface area contributed by atoms with Crippen molar-refractivity contribution < 1.29 is 63.4 Å². The quantitative estimate of drug-likeness (QED) is 0.180. The van der Waals surface area contributed by atoms with Gasteiger partial charge in [0.1, 0.15) is 0 Å². The first-order valence-corrected chi connectivity index (χ1v) is 7.77. The van der Waals surface area contributed by atoms with Crippen molar-refractivity contribution in [3.8, 4) is 0 Å². The van der Waals surface area contributed by atoms with Crippen molar-refractivity contribution in [3.05, 3.63) is 0 Å². The molecule has 0 aromatic heterocycles. The second kappa shape index (κ2) is 7.72. The molecule has 2 unspecified atom stereocenters. The Bertz CT molecular complexity index is 291. The van der Waals surface area contributed by atoms with Gasteiger partial charge in [0.25, 0.3) is 0 Å². The maximum absolute atomic E-state index is 10.9. The van der Waals surface area contributed by atoms with Crippen LogP contribution in [0.5, 0.6) is 0 Å². The van der Waals surface area contributed by atoms with E-state index in [0.29, 0.717) is 19.4 Å². The van der Waals surface area contributed by atoms with Gasteiger partial charge >= 0.3 is 37.2 Å². The van der Waals surface area contributed by atoms with Gasteiger partial charge in [0.15, 0.2) is 7.60 Å². The molecule has 0 radical (unpaired) electrons. The van der Waals surface area contributed by atoms with Crippen molar-refractivity contribution >= 4 is 15.2 Å². The van der Waals surface area contributed by atoms with E-state index in [-0.39, 0.29) is 36.0 Å². The van der Waals surface area contributed by atoms with Crippen LogP contribution in [0.3, 0.4) is 0 Å². The van der Waals surface area contributed by atoms with E-state index < -0.39 is 26.7 Å². The molecule has 0 bridgehead atoms. The Morgan fingerprint density at radius 3 is 1.88 bits per heavy atom. The number of unbranched alkanes of at least 4 members (excludes halogenated alkanes) is 2. The zero-order chi connectivity index (χ0) is 13.0. The number of nitrogens with two attached hydrogens (primary N) is 1. The molecule has 0 aliphatic carbocycles. The Morgan fingerprint density at radius 1 is 1.12 bits per heavy atom. The summed E-state index contributed by atoms with van der Waals surface area (Å²) in [6.45, 7) is 0.350. The Balaban J connectivity index is 0. The molecule has 0 fully saturated rings. The first kappa shape index (κ1) is 20.5. The van der Waals surface area contributed by atoms with Crippen LogP contribution in [0, 0.1) is 0 Å². The van der Waals surface area contributed by atoms with Crippen LogP contribution < -0.4 is 40.2 Å². The van der Waals surface area contributed by atoms with Gasteiger partial charge in [-0.15, -0.1) is 0 Å². The van der Waals surface area contributed by atoms with Gasteiger partial charge in [0.2, 0.25) is 5.08 Å². The number of aliphatic hydroxyl groups is 1. The molecule has 0 saturated heterocycles. The van der Waals surface area contributed by atoms with Crippen LogP contribution in [0.15, 0.2) is 0 Å². The Kier molecular flexibility index (Phi) is 9.33. The monoisotopic (exact) mass is 299 g/mol. The maximum atomic E-state index is 10.9. The summed E-state index contributed by atoms with van der Waals surface area (Å²) in [5, 5.41) is 5.97. The minimum absolute atomic E-state index is 0. The van der Waals surface area contributed by atoms with E-state index in [0.717, 1.165) is 0 Å². The summed E-state index contributed by atoms with van der Waals surface area (Å²) < 4.78 is 21.6. The van der Waals surface area contributed by atoms with E-state index >= 15 is 0 Å². The molecular formula is C6H16NNaO7P2. The van der Waals surface area contributed by atoms with Crippen LogP contribution in [0.4, 0.5) is 0 Å². The van der Waals surface area contributed by atoms with Crippen molar-refractivity contribution in [2.75, 3.05) is 6.54 Å². The zero-order valence-corrected chi connectivity index (χ0v) is 13.3. The third kappa shape index (κ3) is 5.80. The second-order valence-electron chi connectivity index (χ2n) is 3.44. The van der Waals surface area contributed by atoms with Crippen LogP contribution in [-0.4, -0.2) is 31.4 Å². The molecule has 6 N–H and O–H groups in total. The van der Waals surface area contributed by atoms with Gasteiger partial charge in [0, 0.05) is 0 Å². The van der Waals surface area contributed by atoms with Crippen LogP contribution in [0.25, 0.3) is 0 Å². The molecule has 0 spiro atoms. The molecule has 0 heterocycles. The van der Waals surface area contributed by atoms with Crippen molar-refractivity contribution in [2.24, 2.45) is 5.73 Å². The minimum atomic E-state index is -5.55. The summed E-state index contributed by atoms with van der Waals surface area (Å²) in [5.41, 5.74) is 5.17. The van der Waals surface area contributed by atoms with E-state index in [1.165, 1.54) is 0 Å². The second-order valence-corrected chi connectivity index (χ2v) is 7.40. The Labute approximate surface area is 121 Å². The van der Waals surface area contributed by atoms with Crippen molar-refractivity contribution in [3.63, 3.8) is 0 Å². The predicted octanol–water partition coefficient (Wildman–Crippen LogP) is -4.12. The molecule has 0 aromatic carbocycles. The topological polar surface area (TPSA) is 164 Å². The third-order valence-corrected chi connectivity index (χ3v) is 5.96. The molecule has 0 amide bonds. The summed E-state index contributed by atoms with van der Waals surface area (Å²) in [6.07, 6.45) is 0.241. The fourth-order valence-electron chi connectivity index (χ4n) is 1.13. The van der Waals surface area contributed by atoms with Gasteiger partial charge in [-0.1, -0.05) is 6.42 Å². The van der Waals surface area contributed by atoms with Crippen molar-refractivity contribution in [1.29, 1.82) is 0 Å². The van der Waals surface area contributed by atoms with Crippen molar-refractivity contribution in [2.45, 2.75) is 30.8 Å². The summed E-state index contributed by atoms with van der Waals surface area (Å²) >= 11 is 0. The average Bonchev–Trinajstić information content (AvgIpc) is 2.08. The fraction of sp³-hybridized carbons (Fsp3) is 1.00. The van der Waals surface area contributed by atoms with Crippen LogP contribution in [0.1, 0.15) is 25.7 Å². The standard InChI is InChI=1S/C6H17NO7P2.Na/c7-5-3-1-2-4-6(8,15(9,10)11)16(12,13)14;/h8H,1-5,7H2,(H2,9,10,11)(H2,12,13,14);/q;+1/p-1. The largest absolute Gasteiger partial charge is 1.00 e. The molecule has 2 atom stereocenters. The van der Waals surface area contributed by atoms with Gasteiger partial charge < -0.3 is 35.0 Å². The molecule has 0 aromatic rings. The SMILES string of the molecule is NCCCCCC(O)(P(=O)([O-])O)P(=O)(O)O.[Na+]. The molecular weight excluding hydrogens is 283 g/mol. The number of rotatable bonds is 7. The normalized spacial score (nSPS) is 18.9. The molecule has 11 heteroatoms. The minimum Gasteiger partial charge on any atom is -0.776 e. The van der Waals surface area contributed by atoms with Crippen molar-refractivity contribution in [1.82, 2.24) is 0 Å². The summed E-state index contributed by atoms with van der Waals surface area (Å²) in [6, 6.07) is 0.